The molecule has 0 aliphatic rings. The number of anilines is 1. The summed E-state index contributed by atoms with van der Waals surface area (Å²) in [6.45, 7) is 4.14. The van der Waals surface area contributed by atoms with Gasteiger partial charge in [-0.2, -0.15) is 13.2 Å². The Balaban J connectivity index is 1.53. The van der Waals surface area contributed by atoms with Crippen molar-refractivity contribution in [1.82, 2.24) is 10.2 Å². The van der Waals surface area contributed by atoms with Crippen molar-refractivity contribution < 1.29 is 32.3 Å². The van der Waals surface area contributed by atoms with E-state index < -0.39 is 29.5 Å². The van der Waals surface area contributed by atoms with E-state index in [2.05, 4.69) is 10.6 Å². The molecule has 10 heteroatoms. The van der Waals surface area contributed by atoms with Crippen molar-refractivity contribution >= 4 is 23.5 Å². The molecular formula is C36H36F3N3O4. The van der Waals surface area contributed by atoms with Gasteiger partial charge in [-0.05, 0) is 52.6 Å². The summed E-state index contributed by atoms with van der Waals surface area (Å²) in [4.78, 5) is 40.9. The largest absolute Gasteiger partial charge is 0.463 e. The third kappa shape index (κ3) is 8.82. The molecule has 4 aromatic carbocycles. The average molecular weight is 632 g/mol. The number of esters is 1. The van der Waals surface area contributed by atoms with Crippen LogP contribution in [0.3, 0.4) is 0 Å². The van der Waals surface area contributed by atoms with Crippen LogP contribution in [0.5, 0.6) is 0 Å². The number of hydrogen-bond acceptors (Lipinski definition) is 5. The first kappa shape index (κ1) is 33.9. The van der Waals surface area contributed by atoms with Gasteiger partial charge < -0.3 is 20.3 Å². The van der Waals surface area contributed by atoms with Crippen molar-refractivity contribution in [2.75, 3.05) is 26.0 Å². The smallest absolute Gasteiger partial charge is 0.416 e. The summed E-state index contributed by atoms with van der Waals surface area (Å²) >= 11 is 0. The van der Waals surface area contributed by atoms with Crippen molar-refractivity contribution in [3.8, 4) is 11.1 Å². The second-order valence-corrected chi connectivity index (χ2v) is 11.3. The number of nitrogens with zero attached hydrogens (tertiary/aromatic N) is 1. The van der Waals surface area contributed by atoms with Crippen LogP contribution in [0.15, 0.2) is 97.1 Å². The van der Waals surface area contributed by atoms with Gasteiger partial charge in [0.25, 0.3) is 11.8 Å². The van der Waals surface area contributed by atoms with Gasteiger partial charge in [-0.15, -0.1) is 0 Å². The van der Waals surface area contributed by atoms with Crippen LogP contribution in [0.2, 0.25) is 0 Å². The number of rotatable bonds is 11. The average Bonchev–Trinajstić information content (AvgIpc) is 3.03. The molecule has 4 aromatic rings. The molecule has 2 amide bonds. The van der Waals surface area contributed by atoms with Gasteiger partial charge in [0.1, 0.15) is 6.61 Å². The Labute approximate surface area is 266 Å². The fourth-order valence-corrected chi connectivity index (χ4v) is 4.91. The number of amides is 2. The van der Waals surface area contributed by atoms with E-state index in [1.807, 2.05) is 44.2 Å². The first-order valence-corrected chi connectivity index (χ1v) is 14.7. The summed E-state index contributed by atoms with van der Waals surface area (Å²) in [5.41, 5.74) is 2.16. The second-order valence-electron chi connectivity index (χ2n) is 11.3. The highest BCUT2D eigenvalue weighted by Crippen LogP contribution is 2.32. The van der Waals surface area contributed by atoms with E-state index >= 15 is 0 Å². The predicted octanol–water partition coefficient (Wildman–Crippen LogP) is 7.15. The molecule has 4 rings (SSSR count). The lowest BCUT2D eigenvalue weighted by Crippen LogP contribution is -2.32. The van der Waals surface area contributed by atoms with Gasteiger partial charge in [0.05, 0.1) is 29.3 Å². The van der Waals surface area contributed by atoms with Gasteiger partial charge in [-0.1, -0.05) is 80.6 Å². The molecule has 240 valence electrons. The maximum absolute atomic E-state index is 13.5. The first-order valence-electron chi connectivity index (χ1n) is 14.7. The fraction of sp³-hybridized carbons (Fsp3) is 0.250. The Hall–Kier alpha value is -4.96. The number of nitrogens with one attached hydrogen (secondary N) is 2. The van der Waals surface area contributed by atoms with E-state index in [0.717, 1.165) is 17.7 Å². The van der Waals surface area contributed by atoms with E-state index in [-0.39, 0.29) is 41.9 Å². The van der Waals surface area contributed by atoms with Crippen LogP contribution in [-0.4, -0.2) is 49.4 Å². The van der Waals surface area contributed by atoms with Crippen molar-refractivity contribution in [3.63, 3.8) is 0 Å². The molecule has 0 aliphatic heterocycles. The normalized spacial score (nSPS) is 12.0. The predicted molar refractivity (Wildman–Crippen MR) is 171 cm³/mol. The second kappa shape index (κ2) is 14.9. The quantitative estimate of drug-likeness (QED) is 0.172. The molecule has 0 aromatic heterocycles. The van der Waals surface area contributed by atoms with Crippen molar-refractivity contribution in [1.29, 1.82) is 0 Å². The molecule has 0 saturated heterocycles. The summed E-state index contributed by atoms with van der Waals surface area (Å²) < 4.78 is 44.9. The molecule has 0 heterocycles. The lowest BCUT2D eigenvalue weighted by molar-refractivity contribution is -0.143. The monoisotopic (exact) mass is 631 g/mol. The first-order chi connectivity index (χ1) is 21.8. The zero-order chi connectivity index (χ0) is 33.4. The summed E-state index contributed by atoms with van der Waals surface area (Å²) in [6, 6.07) is 25.4. The minimum atomic E-state index is -4.48. The van der Waals surface area contributed by atoms with Gasteiger partial charge >= 0.3 is 12.1 Å². The highest BCUT2D eigenvalue weighted by atomic mass is 19.4. The van der Waals surface area contributed by atoms with Crippen LogP contribution in [0.25, 0.3) is 11.1 Å². The Bertz CT molecular complexity index is 1670. The molecule has 0 fully saturated rings. The van der Waals surface area contributed by atoms with E-state index in [4.69, 9.17) is 4.74 Å². The number of alkyl halides is 3. The zero-order valence-corrected chi connectivity index (χ0v) is 26.0. The third-order valence-corrected chi connectivity index (χ3v) is 7.16. The van der Waals surface area contributed by atoms with E-state index in [1.165, 1.54) is 17.0 Å². The molecule has 0 unspecified atom stereocenters. The van der Waals surface area contributed by atoms with E-state index in [1.54, 1.807) is 56.6 Å². The Morgan fingerprint density at radius 1 is 0.826 bits per heavy atom. The van der Waals surface area contributed by atoms with E-state index in [9.17, 15) is 27.6 Å². The van der Waals surface area contributed by atoms with Crippen LogP contribution in [0.4, 0.5) is 18.9 Å². The van der Waals surface area contributed by atoms with Crippen LogP contribution < -0.4 is 10.6 Å². The summed E-state index contributed by atoms with van der Waals surface area (Å²) in [6.07, 6.45) is -4.58. The Kier molecular flexibility index (Phi) is 11.0. The maximum Gasteiger partial charge on any atom is 0.416 e. The van der Waals surface area contributed by atoms with Gasteiger partial charge in [-0.3, -0.25) is 14.4 Å². The maximum atomic E-state index is 13.5. The minimum Gasteiger partial charge on any atom is -0.463 e. The fourth-order valence-electron chi connectivity index (χ4n) is 4.91. The van der Waals surface area contributed by atoms with Crippen LogP contribution in [-0.2, 0) is 22.1 Å². The SMILES string of the molecule is CC(C)N[C@@H](COC(=O)Cc1ccc(NC(=O)c2ccccc2-c2ccc(C(F)(F)F)cc2)c(C(=O)N(C)C)c1)c1ccccc1. The molecule has 1 atom stereocenters. The van der Waals surface area contributed by atoms with Crippen molar-refractivity contribution in [3.05, 3.63) is 125 Å². The topological polar surface area (TPSA) is 87.7 Å². The van der Waals surface area contributed by atoms with Crippen LogP contribution in [0, 0.1) is 0 Å². The Morgan fingerprint density at radius 3 is 2.11 bits per heavy atom. The molecule has 0 spiro atoms. The number of carbonyl (C=O) groups is 3. The lowest BCUT2D eigenvalue weighted by Gasteiger charge is -2.21. The van der Waals surface area contributed by atoms with Gasteiger partial charge in [0.15, 0.2) is 0 Å². The summed E-state index contributed by atoms with van der Waals surface area (Å²) in [5, 5.41) is 6.18. The molecule has 0 radical (unpaired) electrons. The highest BCUT2D eigenvalue weighted by molar-refractivity contribution is 6.11. The standard InChI is InChI=1S/C36H36F3N3O4/c1-23(2)40-32(26-10-6-5-7-11-26)22-46-33(43)21-24-14-19-31(30(20-24)35(45)42(3)4)41-34(44)29-13-9-8-12-28(29)25-15-17-27(18-16-25)36(37,38)39/h5-20,23,32,40H,21-22H2,1-4H3,(H,41,44)/t32-/m0/s1. The molecule has 46 heavy (non-hydrogen) atoms. The summed E-state index contributed by atoms with van der Waals surface area (Å²) in [7, 11) is 3.14. The molecule has 7 nitrogen and oxygen atoms in total. The lowest BCUT2D eigenvalue weighted by atomic mass is 9.97. The summed E-state index contributed by atoms with van der Waals surface area (Å²) in [5.74, 6) is -1.43. The number of carbonyl (C=O) groups excluding carboxylic acids is 3. The van der Waals surface area contributed by atoms with Gasteiger partial charge in [0.2, 0.25) is 0 Å². The van der Waals surface area contributed by atoms with Crippen LogP contribution in [0.1, 0.15) is 57.3 Å². The molecule has 0 bridgehead atoms. The number of benzene rings is 4. The molecule has 0 aliphatic carbocycles. The Morgan fingerprint density at radius 2 is 1.48 bits per heavy atom. The number of ether oxygens (including phenoxy) is 1. The molecule has 0 saturated carbocycles. The highest BCUT2D eigenvalue weighted by Gasteiger charge is 2.30. The van der Waals surface area contributed by atoms with Crippen molar-refractivity contribution in [2.45, 2.75) is 38.5 Å². The zero-order valence-electron chi connectivity index (χ0n) is 26.0. The number of hydrogen-bond donors (Lipinski definition) is 2. The molecule has 2 N–H and O–H groups in total. The number of halogens is 3. The van der Waals surface area contributed by atoms with E-state index in [0.29, 0.717) is 16.7 Å². The molecular weight excluding hydrogens is 595 g/mol. The van der Waals surface area contributed by atoms with Gasteiger partial charge in [-0.25, -0.2) is 0 Å². The van der Waals surface area contributed by atoms with Crippen molar-refractivity contribution in [2.24, 2.45) is 0 Å². The van der Waals surface area contributed by atoms with Crippen LogP contribution >= 0.6 is 0 Å². The van der Waals surface area contributed by atoms with Gasteiger partial charge in [0, 0.05) is 25.7 Å². The minimum absolute atomic E-state index is 0.0954. The third-order valence-electron chi connectivity index (χ3n) is 7.16.